The summed E-state index contributed by atoms with van der Waals surface area (Å²) in [5.41, 5.74) is 5.43. The number of rotatable bonds is 6. The number of nitrogens with zero attached hydrogens (tertiary/aromatic N) is 2. The molecule has 0 amide bonds. The van der Waals surface area contributed by atoms with Crippen LogP contribution < -0.4 is 5.43 Å². The van der Waals surface area contributed by atoms with Gasteiger partial charge in [-0.2, -0.15) is 0 Å². The zero-order valence-corrected chi connectivity index (χ0v) is 13.8. The fraction of sp³-hybridized carbons (Fsp3) is 0.333. The Bertz CT molecular complexity index is 747. The van der Waals surface area contributed by atoms with E-state index in [4.69, 9.17) is 9.84 Å². The SMILES string of the molecule is CC(C)(OCCO)c1ccc(C2=NC(C=O)c3cccn3N2)cc1. The Balaban J connectivity index is 1.84. The topological polar surface area (TPSA) is 75.8 Å². The highest BCUT2D eigenvalue weighted by molar-refractivity contribution is 6.05. The Hall–Kier alpha value is -2.44. The minimum atomic E-state index is -0.500. The highest BCUT2D eigenvalue weighted by Crippen LogP contribution is 2.26. The number of aldehydes is 1. The second-order valence-corrected chi connectivity index (χ2v) is 6.13. The molecule has 0 saturated heterocycles. The molecule has 1 aliphatic heterocycles. The van der Waals surface area contributed by atoms with E-state index in [1.807, 2.05) is 61.1 Å². The van der Waals surface area contributed by atoms with Gasteiger partial charge in [0.05, 0.1) is 24.5 Å². The van der Waals surface area contributed by atoms with Gasteiger partial charge in [-0.05, 0) is 31.5 Å². The standard InChI is InChI=1S/C18H21N3O3/c1-18(2,24-11-10-22)14-7-5-13(6-8-14)17-19-15(12-23)16-4-3-9-21(16)20-17/h3-9,12,15,22H,10-11H2,1-2H3,(H,19,20). The van der Waals surface area contributed by atoms with E-state index < -0.39 is 11.6 Å². The van der Waals surface area contributed by atoms with E-state index in [9.17, 15) is 4.79 Å². The molecule has 24 heavy (non-hydrogen) atoms. The summed E-state index contributed by atoms with van der Waals surface area (Å²) in [4.78, 5) is 15.8. The summed E-state index contributed by atoms with van der Waals surface area (Å²) in [6, 6.07) is 11.1. The van der Waals surface area contributed by atoms with E-state index >= 15 is 0 Å². The first-order chi connectivity index (χ1) is 11.5. The van der Waals surface area contributed by atoms with Gasteiger partial charge in [0.15, 0.2) is 6.29 Å². The van der Waals surface area contributed by atoms with Crippen LogP contribution >= 0.6 is 0 Å². The molecule has 0 spiro atoms. The van der Waals surface area contributed by atoms with Crippen molar-refractivity contribution in [2.24, 2.45) is 4.99 Å². The van der Waals surface area contributed by atoms with Crippen molar-refractivity contribution in [2.45, 2.75) is 25.5 Å². The molecule has 126 valence electrons. The Labute approximate surface area is 140 Å². The molecule has 6 heteroatoms. The van der Waals surface area contributed by atoms with Crippen LogP contribution in [0.1, 0.15) is 36.7 Å². The quantitative estimate of drug-likeness (QED) is 0.796. The lowest BCUT2D eigenvalue weighted by atomic mass is 9.96. The summed E-state index contributed by atoms with van der Waals surface area (Å²) >= 11 is 0. The van der Waals surface area contributed by atoms with Crippen molar-refractivity contribution < 1.29 is 14.6 Å². The van der Waals surface area contributed by atoms with Crippen molar-refractivity contribution in [2.75, 3.05) is 18.6 Å². The number of aromatic nitrogens is 1. The summed E-state index contributed by atoms with van der Waals surface area (Å²) in [5.74, 6) is 0.649. The molecule has 6 nitrogen and oxygen atoms in total. The molecule has 1 aromatic carbocycles. The van der Waals surface area contributed by atoms with Gasteiger partial charge in [0.25, 0.3) is 0 Å². The third-order valence-electron chi connectivity index (χ3n) is 4.11. The molecule has 2 heterocycles. The zero-order chi connectivity index (χ0) is 17.2. The van der Waals surface area contributed by atoms with E-state index in [0.29, 0.717) is 12.4 Å². The molecular weight excluding hydrogens is 306 g/mol. The monoisotopic (exact) mass is 327 g/mol. The number of aliphatic hydroxyl groups is 1. The van der Waals surface area contributed by atoms with Gasteiger partial charge >= 0.3 is 0 Å². The Morgan fingerprint density at radius 2 is 2.08 bits per heavy atom. The third-order valence-corrected chi connectivity index (χ3v) is 4.11. The molecule has 2 N–H and O–H groups in total. The number of carbonyl (C=O) groups is 1. The van der Waals surface area contributed by atoms with Crippen LogP contribution in [0.25, 0.3) is 0 Å². The third kappa shape index (κ3) is 3.11. The fourth-order valence-electron chi connectivity index (χ4n) is 2.74. The fourth-order valence-corrected chi connectivity index (χ4v) is 2.74. The van der Waals surface area contributed by atoms with Crippen LogP contribution in [0.15, 0.2) is 47.6 Å². The van der Waals surface area contributed by atoms with Gasteiger partial charge in [0.2, 0.25) is 0 Å². The molecule has 3 rings (SSSR count). The van der Waals surface area contributed by atoms with Crippen molar-refractivity contribution in [1.29, 1.82) is 0 Å². The van der Waals surface area contributed by atoms with Crippen molar-refractivity contribution in [3.05, 3.63) is 59.4 Å². The van der Waals surface area contributed by atoms with Gasteiger partial charge in [0.1, 0.15) is 11.9 Å². The van der Waals surface area contributed by atoms with E-state index in [-0.39, 0.29) is 6.61 Å². The molecule has 0 bridgehead atoms. The minimum absolute atomic E-state index is 0.00543. The van der Waals surface area contributed by atoms with Crippen LogP contribution in [-0.4, -0.2) is 35.1 Å². The number of fused-ring (bicyclic) bond motifs is 1. The van der Waals surface area contributed by atoms with Crippen molar-refractivity contribution >= 4 is 12.1 Å². The maximum absolute atomic E-state index is 11.3. The lowest BCUT2D eigenvalue weighted by Gasteiger charge is -2.26. The minimum Gasteiger partial charge on any atom is -0.394 e. The average molecular weight is 327 g/mol. The zero-order valence-electron chi connectivity index (χ0n) is 13.8. The number of aliphatic imine (C=N–C) groups is 1. The van der Waals surface area contributed by atoms with Gasteiger partial charge < -0.3 is 14.6 Å². The number of nitrogens with one attached hydrogen (secondary N) is 1. The summed E-state index contributed by atoms with van der Waals surface area (Å²) < 4.78 is 7.48. The number of hydrogen-bond donors (Lipinski definition) is 2. The normalized spacial score (nSPS) is 17.0. The molecule has 2 aromatic rings. The van der Waals surface area contributed by atoms with Crippen LogP contribution in [0, 0.1) is 0 Å². The second-order valence-electron chi connectivity index (χ2n) is 6.13. The molecular formula is C18H21N3O3. The molecule has 0 saturated carbocycles. The molecule has 0 radical (unpaired) electrons. The molecule has 0 aliphatic carbocycles. The van der Waals surface area contributed by atoms with E-state index in [0.717, 1.165) is 23.1 Å². The molecule has 1 atom stereocenters. The summed E-state index contributed by atoms with van der Waals surface area (Å²) in [6.07, 6.45) is 2.70. The number of aliphatic hydroxyl groups excluding tert-OH is 1. The highest BCUT2D eigenvalue weighted by atomic mass is 16.5. The smallest absolute Gasteiger partial charge is 0.150 e. The van der Waals surface area contributed by atoms with Gasteiger partial charge in [-0.3, -0.25) is 10.1 Å². The maximum Gasteiger partial charge on any atom is 0.150 e. The first kappa shape index (κ1) is 16.4. The Morgan fingerprint density at radius 3 is 2.75 bits per heavy atom. The van der Waals surface area contributed by atoms with Crippen LogP contribution in [0.4, 0.5) is 0 Å². The van der Waals surface area contributed by atoms with Crippen molar-refractivity contribution in [1.82, 2.24) is 4.68 Å². The first-order valence-electron chi connectivity index (χ1n) is 7.88. The van der Waals surface area contributed by atoms with Crippen LogP contribution in [-0.2, 0) is 15.1 Å². The summed E-state index contributed by atoms with van der Waals surface area (Å²) in [5, 5.41) is 8.92. The summed E-state index contributed by atoms with van der Waals surface area (Å²) in [6.45, 7) is 4.21. The van der Waals surface area contributed by atoms with Gasteiger partial charge in [0, 0.05) is 11.8 Å². The number of ether oxygens (including phenoxy) is 1. The van der Waals surface area contributed by atoms with Crippen LogP contribution in [0.2, 0.25) is 0 Å². The molecule has 0 fully saturated rings. The number of hydrogen-bond acceptors (Lipinski definition) is 5. The van der Waals surface area contributed by atoms with Crippen molar-refractivity contribution in [3.8, 4) is 0 Å². The first-order valence-corrected chi connectivity index (χ1v) is 7.88. The lowest BCUT2D eigenvalue weighted by Crippen LogP contribution is -2.31. The van der Waals surface area contributed by atoms with Crippen LogP contribution in [0.5, 0.6) is 0 Å². The highest BCUT2D eigenvalue weighted by Gasteiger charge is 2.23. The predicted molar refractivity (Wildman–Crippen MR) is 91.6 cm³/mol. The van der Waals surface area contributed by atoms with E-state index in [1.54, 1.807) is 0 Å². The number of carbonyl (C=O) groups excluding carboxylic acids is 1. The average Bonchev–Trinajstić information content (AvgIpc) is 3.08. The molecule has 1 aliphatic rings. The van der Waals surface area contributed by atoms with Gasteiger partial charge in [-0.25, -0.2) is 4.99 Å². The summed E-state index contributed by atoms with van der Waals surface area (Å²) in [7, 11) is 0. The number of benzene rings is 1. The largest absolute Gasteiger partial charge is 0.394 e. The predicted octanol–water partition coefficient (Wildman–Crippen LogP) is 1.98. The lowest BCUT2D eigenvalue weighted by molar-refractivity contribution is -0.109. The van der Waals surface area contributed by atoms with Gasteiger partial charge in [-0.15, -0.1) is 0 Å². The number of amidine groups is 1. The Morgan fingerprint density at radius 1 is 1.33 bits per heavy atom. The second kappa shape index (κ2) is 6.59. The Kier molecular flexibility index (Phi) is 4.51. The molecule has 1 unspecified atom stereocenters. The van der Waals surface area contributed by atoms with E-state index in [2.05, 4.69) is 10.4 Å². The van der Waals surface area contributed by atoms with Crippen LogP contribution in [0.3, 0.4) is 0 Å². The van der Waals surface area contributed by atoms with E-state index in [1.165, 1.54) is 0 Å². The molecule has 1 aromatic heterocycles. The maximum atomic E-state index is 11.3. The van der Waals surface area contributed by atoms with Crippen molar-refractivity contribution in [3.63, 3.8) is 0 Å². The van der Waals surface area contributed by atoms with Gasteiger partial charge in [-0.1, -0.05) is 24.3 Å².